The van der Waals surface area contributed by atoms with Crippen molar-refractivity contribution in [1.29, 1.82) is 0 Å². The first-order chi connectivity index (χ1) is 15.5. The zero-order chi connectivity index (χ0) is 22.1. The highest BCUT2D eigenvalue weighted by Crippen LogP contribution is 2.61. The molecule has 6 heteroatoms. The number of rotatable bonds is 8. The molecular formula is C26H35NO5. The maximum Gasteiger partial charge on any atom is 0.338 e. The van der Waals surface area contributed by atoms with Crippen LogP contribution >= 0.6 is 0 Å². The molecule has 0 spiro atoms. The largest absolute Gasteiger partial charge is 0.491 e. The number of hydrogen-bond donors (Lipinski definition) is 1. The molecule has 32 heavy (non-hydrogen) atoms. The fourth-order valence-corrected chi connectivity index (χ4v) is 7.01. The summed E-state index contributed by atoms with van der Waals surface area (Å²) in [7, 11) is 0. The third-order valence-electron chi connectivity index (χ3n) is 8.27. The van der Waals surface area contributed by atoms with Gasteiger partial charge in [-0.05, 0) is 106 Å². The number of hydrogen-bond acceptors (Lipinski definition) is 5. The van der Waals surface area contributed by atoms with Crippen LogP contribution in [0.15, 0.2) is 24.3 Å². The molecule has 1 heterocycles. The van der Waals surface area contributed by atoms with Crippen LogP contribution in [-0.2, 0) is 14.3 Å². The Morgan fingerprint density at radius 1 is 1.09 bits per heavy atom. The fraction of sp³-hybridized carbons (Fsp3) is 0.692. The van der Waals surface area contributed by atoms with Crippen molar-refractivity contribution in [3.05, 3.63) is 29.8 Å². The Morgan fingerprint density at radius 2 is 1.75 bits per heavy atom. The van der Waals surface area contributed by atoms with Crippen LogP contribution in [-0.4, -0.2) is 43.8 Å². The van der Waals surface area contributed by atoms with Gasteiger partial charge in [-0.15, -0.1) is 0 Å². The van der Waals surface area contributed by atoms with E-state index >= 15 is 0 Å². The zero-order valence-electron chi connectivity index (χ0n) is 19.0. The van der Waals surface area contributed by atoms with Gasteiger partial charge in [-0.2, -0.15) is 0 Å². The van der Waals surface area contributed by atoms with E-state index in [4.69, 9.17) is 14.2 Å². The second-order valence-corrected chi connectivity index (χ2v) is 10.6. The minimum Gasteiger partial charge on any atom is -0.491 e. The number of benzene rings is 1. The molecule has 1 N–H and O–H groups in total. The van der Waals surface area contributed by atoms with Gasteiger partial charge in [0, 0.05) is 12.6 Å². The number of ether oxygens (including phenoxy) is 3. The van der Waals surface area contributed by atoms with Gasteiger partial charge in [0.2, 0.25) is 0 Å². The molecule has 1 amide bonds. The second-order valence-electron chi connectivity index (χ2n) is 10.6. The van der Waals surface area contributed by atoms with Gasteiger partial charge in [-0.25, -0.2) is 4.79 Å². The van der Waals surface area contributed by atoms with Crippen LogP contribution in [0.1, 0.15) is 68.6 Å². The van der Waals surface area contributed by atoms with Crippen molar-refractivity contribution in [3.63, 3.8) is 0 Å². The minimum atomic E-state index is -0.492. The van der Waals surface area contributed by atoms with E-state index in [1.807, 2.05) is 0 Å². The van der Waals surface area contributed by atoms with Crippen LogP contribution in [0.5, 0.6) is 5.75 Å². The molecule has 2 atom stereocenters. The first kappa shape index (κ1) is 21.7. The van der Waals surface area contributed by atoms with E-state index in [-0.39, 0.29) is 30.1 Å². The summed E-state index contributed by atoms with van der Waals surface area (Å²) in [6.45, 7) is 3.22. The number of carbonyl (C=O) groups excluding carboxylic acids is 2. The number of esters is 1. The molecule has 6 nitrogen and oxygen atoms in total. The summed E-state index contributed by atoms with van der Waals surface area (Å²) in [4.78, 5) is 24.9. The molecule has 6 rings (SSSR count). The van der Waals surface area contributed by atoms with E-state index < -0.39 is 5.97 Å². The number of nitrogens with one attached hydrogen (secondary N) is 1. The first-order valence-corrected chi connectivity index (χ1v) is 12.3. The minimum absolute atomic E-state index is 0.127. The van der Waals surface area contributed by atoms with Crippen LogP contribution in [0, 0.1) is 23.2 Å². The van der Waals surface area contributed by atoms with E-state index in [0.717, 1.165) is 37.2 Å². The molecular weight excluding hydrogens is 406 g/mol. The molecule has 1 saturated heterocycles. The highest BCUT2D eigenvalue weighted by molar-refractivity contribution is 5.91. The molecule has 1 aromatic rings. The van der Waals surface area contributed by atoms with Crippen LogP contribution < -0.4 is 10.1 Å². The van der Waals surface area contributed by atoms with Gasteiger partial charge >= 0.3 is 5.97 Å². The van der Waals surface area contributed by atoms with Crippen molar-refractivity contribution in [2.75, 3.05) is 19.8 Å². The molecule has 2 unspecified atom stereocenters. The summed E-state index contributed by atoms with van der Waals surface area (Å²) >= 11 is 0. The summed E-state index contributed by atoms with van der Waals surface area (Å²) in [6, 6.07) is 6.97. The summed E-state index contributed by atoms with van der Waals surface area (Å²) < 4.78 is 16.6. The van der Waals surface area contributed by atoms with Gasteiger partial charge in [-0.3, -0.25) is 4.79 Å². The third kappa shape index (κ3) is 4.66. The molecule has 5 fully saturated rings. The van der Waals surface area contributed by atoms with Crippen LogP contribution in [0.3, 0.4) is 0 Å². The Kier molecular flexibility index (Phi) is 6.15. The average Bonchev–Trinajstić information content (AvgIpc) is 3.29. The number of carbonyl (C=O) groups is 2. The maximum atomic E-state index is 12.5. The summed E-state index contributed by atoms with van der Waals surface area (Å²) in [5, 5.41) is 3.15. The van der Waals surface area contributed by atoms with E-state index in [9.17, 15) is 9.59 Å². The molecule has 174 valence electrons. The predicted octanol–water partition coefficient (Wildman–Crippen LogP) is 4.12. The predicted molar refractivity (Wildman–Crippen MR) is 119 cm³/mol. The summed E-state index contributed by atoms with van der Waals surface area (Å²) in [5.41, 5.74) is 0.657. The molecule has 4 saturated carbocycles. The second kappa shape index (κ2) is 9.05. The Balaban J connectivity index is 1.07. The average molecular weight is 442 g/mol. The lowest BCUT2D eigenvalue weighted by Crippen LogP contribution is -2.56. The lowest BCUT2D eigenvalue weighted by atomic mass is 9.48. The molecule has 5 aliphatic rings. The lowest BCUT2D eigenvalue weighted by Gasteiger charge is -2.59. The third-order valence-corrected chi connectivity index (χ3v) is 8.27. The molecule has 0 aromatic heterocycles. The van der Waals surface area contributed by atoms with Gasteiger partial charge in [0.1, 0.15) is 12.4 Å². The zero-order valence-corrected chi connectivity index (χ0v) is 19.0. The molecule has 1 aliphatic heterocycles. The van der Waals surface area contributed by atoms with Gasteiger partial charge < -0.3 is 19.5 Å². The molecule has 1 aromatic carbocycles. The van der Waals surface area contributed by atoms with E-state index in [1.165, 1.54) is 38.5 Å². The molecule has 0 radical (unpaired) electrons. The number of amides is 1. The lowest BCUT2D eigenvalue weighted by molar-refractivity contribution is -0.128. The van der Waals surface area contributed by atoms with Crippen molar-refractivity contribution in [1.82, 2.24) is 5.32 Å². The monoisotopic (exact) mass is 441 g/mol. The normalized spacial score (nSPS) is 33.7. The smallest absolute Gasteiger partial charge is 0.338 e. The highest BCUT2D eigenvalue weighted by Gasteiger charge is 2.53. The molecule has 4 aliphatic carbocycles. The molecule has 4 bridgehead atoms. The summed E-state index contributed by atoms with van der Waals surface area (Å²) in [5.74, 6) is 2.52. The Hall–Kier alpha value is -2.08. The Morgan fingerprint density at radius 3 is 2.34 bits per heavy atom. The van der Waals surface area contributed by atoms with E-state index in [0.29, 0.717) is 17.9 Å². The van der Waals surface area contributed by atoms with Crippen LogP contribution in [0.25, 0.3) is 0 Å². The van der Waals surface area contributed by atoms with Gasteiger partial charge in [-0.1, -0.05) is 0 Å². The van der Waals surface area contributed by atoms with Gasteiger partial charge in [0.15, 0.2) is 6.61 Å². The first-order valence-electron chi connectivity index (χ1n) is 12.3. The van der Waals surface area contributed by atoms with Crippen molar-refractivity contribution in [2.24, 2.45) is 23.2 Å². The van der Waals surface area contributed by atoms with Crippen LogP contribution in [0.4, 0.5) is 0 Å². The van der Waals surface area contributed by atoms with E-state index in [2.05, 4.69) is 12.2 Å². The Labute approximate surface area is 190 Å². The van der Waals surface area contributed by atoms with Crippen molar-refractivity contribution < 1.29 is 23.8 Å². The summed E-state index contributed by atoms with van der Waals surface area (Å²) in [6.07, 6.45) is 10.1. The Bertz CT molecular complexity index is 794. The van der Waals surface area contributed by atoms with Crippen LogP contribution in [0.2, 0.25) is 0 Å². The van der Waals surface area contributed by atoms with Gasteiger partial charge in [0.05, 0.1) is 11.7 Å². The standard InChI is InChI=1S/C26H35NO5/c1-17(26-12-18-9-19(13-26)11-20(10-18)14-26)27-24(28)16-32-25(29)21-4-6-22(7-5-21)31-15-23-3-2-8-30-23/h4-7,17-20,23H,2-3,8-16H2,1H3,(H,27,28). The SMILES string of the molecule is CC(NC(=O)COC(=O)c1ccc(OCC2CCCO2)cc1)C12CC3CC(CC(C3)C1)C2. The van der Waals surface area contributed by atoms with Crippen molar-refractivity contribution >= 4 is 11.9 Å². The van der Waals surface area contributed by atoms with Crippen molar-refractivity contribution in [3.8, 4) is 5.75 Å². The highest BCUT2D eigenvalue weighted by atomic mass is 16.5. The fourth-order valence-electron chi connectivity index (χ4n) is 7.01. The van der Waals surface area contributed by atoms with Gasteiger partial charge in [0.25, 0.3) is 5.91 Å². The quantitative estimate of drug-likeness (QED) is 0.614. The maximum absolute atomic E-state index is 12.5. The topological polar surface area (TPSA) is 73.9 Å². The van der Waals surface area contributed by atoms with Crippen molar-refractivity contribution in [2.45, 2.75) is 70.4 Å². The van der Waals surface area contributed by atoms with E-state index in [1.54, 1.807) is 24.3 Å².